The van der Waals surface area contributed by atoms with Gasteiger partial charge >= 0.3 is 0 Å². The van der Waals surface area contributed by atoms with Crippen molar-refractivity contribution in [3.05, 3.63) is 53.5 Å². The Labute approximate surface area is 125 Å². The number of hydrogen-bond acceptors (Lipinski definition) is 4. The molecule has 0 radical (unpaired) electrons. The molecule has 4 nitrogen and oxygen atoms in total. The normalized spacial score (nSPS) is 10.6. The van der Waals surface area contributed by atoms with Crippen LogP contribution in [0, 0.1) is 0 Å². The number of aromatic nitrogens is 2. The van der Waals surface area contributed by atoms with Crippen molar-refractivity contribution in [3.63, 3.8) is 0 Å². The van der Waals surface area contributed by atoms with Gasteiger partial charge in [0, 0.05) is 24.2 Å². The predicted octanol–water partition coefficient (Wildman–Crippen LogP) is 2.93. The molecule has 0 fully saturated rings. The largest absolute Gasteiger partial charge is 0.478 e. The second kappa shape index (κ2) is 8.37. The van der Waals surface area contributed by atoms with Crippen molar-refractivity contribution in [1.29, 1.82) is 0 Å². The van der Waals surface area contributed by atoms with E-state index < -0.39 is 0 Å². The summed E-state index contributed by atoms with van der Waals surface area (Å²) in [4.78, 5) is 8.47. The number of ether oxygens (including phenoxy) is 1. The SMILES string of the molecule is CCCc1cc(CO)cc(OCCCc2ccncc2)n1. The molecular formula is C17H22N2O2. The molecule has 0 bridgehead atoms. The predicted molar refractivity (Wildman–Crippen MR) is 82.2 cm³/mol. The molecule has 2 aromatic heterocycles. The van der Waals surface area contributed by atoms with E-state index in [0.717, 1.165) is 36.9 Å². The molecule has 0 atom stereocenters. The van der Waals surface area contributed by atoms with Gasteiger partial charge in [-0.15, -0.1) is 0 Å². The zero-order chi connectivity index (χ0) is 14.9. The van der Waals surface area contributed by atoms with Crippen LogP contribution in [0.2, 0.25) is 0 Å². The Kier molecular flexibility index (Phi) is 6.16. The summed E-state index contributed by atoms with van der Waals surface area (Å²) in [5.74, 6) is 0.611. The zero-order valence-corrected chi connectivity index (χ0v) is 12.5. The lowest BCUT2D eigenvalue weighted by atomic mass is 10.1. The quantitative estimate of drug-likeness (QED) is 0.758. The Morgan fingerprint density at radius 1 is 1.10 bits per heavy atom. The van der Waals surface area contributed by atoms with E-state index >= 15 is 0 Å². The van der Waals surface area contributed by atoms with E-state index in [4.69, 9.17) is 4.74 Å². The highest BCUT2D eigenvalue weighted by Gasteiger charge is 2.03. The van der Waals surface area contributed by atoms with E-state index in [2.05, 4.69) is 16.9 Å². The Bertz CT molecular complexity index is 544. The number of aliphatic hydroxyl groups excluding tert-OH is 1. The third-order valence-corrected chi connectivity index (χ3v) is 3.21. The number of pyridine rings is 2. The van der Waals surface area contributed by atoms with Crippen molar-refractivity contribution in [3.8, 4) is 5.88 Å². The highest BCUT2D eigenvalue weighted by molar-refractivity contribution is 5.24. The van der Waals surface area contributed by atoms with Crippen LogP contribution in [0.25, 0.3) is 0 Å². The molecule has 0 amide bonds. The topological polar surface area (TPSA) is 55.2 Å². The van der Waals surface area contributed by atoms with E-state index in [1.165, 1.54) is 5.56 Å². The molecule has 4 heteroatoms. The summed E-state index contributed by atoms with van der Waals surface area (Å²) in [5, 5.41) is 9.29. The first-order valence-electron chi connectivity index (χ1n) is 7.44. The maximum absolute atomic E-state index is 9.29. The van der Waals surface area contributed by atoms with Crippen molar-refractivity contribution >= 4 is 0 Å². The van der Waals surface area contributed by atoms with E-state index in [0.29, 0.717) is 12.5 Å². The molecule has 0 unspecified atom stereocenters. The molecule has 0 aliphatic carbocycles. The van der Waals surface area contributed by atoms with Crippen molar-refractivity contribution < 1.29 is 9.84 Å². The van der Waals surface area contributed by atoms with Crippen LogP contribution in [-0.4, -0.2) is 21.7 Å². The second-order valence-corrected chi connectivity index (χ2v) is 5.02. The molecule has 0 aliphatic rings. The average molecular weight is 286 g/mol. The van der Waals surface area contributed by atoms with Gasteiger partial charge in [-0.3, -0.25) is 4.98 Å². The van der Waals surface area contributed by atoms with Gasteiger partial charge < -0.3 is 9.84 Å². The summed E-state index contributed by atoms with van der Waals surface area (Å²) in [6.45, 7) is 2.75. The van der Waals surface area contributed by atoms with Gasteiger partial charge in [-0.1, -0.05) is 13.3 Å². The van der Waals surface area contributed by atoms with E-state index in [1.807, 2.05) is 24.3 Å². The van der Waals surface area contributed by atoms with Crippen LogP contribution in [0.4, 0.5) is 0 Å². The van der Waals surface area contributed by atoms with Crippen LogP contribution >= 0.6 is 0 Å². The minimum Gasteiger partial charge on any atom is -0.478 e. The number of nitrogens with zero attached hydrogens (tertiary/aromatic N) is 2. The van der Waals surface area contributed by atoms with Gasteiger partial charge in [0.1, 0.15) is 0 Å². The van der Waals surface area contributed by atoms with Gasteiger partial charge in [0.25, 0.3) is 0 Å². The lowest BCUT2D eigenvalue weighted by Crippen LogP contribution is -2.03. The fourth-order valence-electron chi connectivity index (χ4n) is 2.17. The standard InChI is InChI=1S/C17H22N2O2/c1-2-4-16-11-15(13-20)12-17(19-16)21-10-3-5-14-6-8-18-9-7-14/h6-9,11-12,20H,2-5,10,13H2,1H3. The van der Waals surface area contributed by atoms with Crippen molar-refractivity contribution in [2.24, 2.45) is 0 Å². The molecule has 0 saturated carbocycles. The second-order valence-electron chi connectivity index (χ2n) is 5.02. The molecule has 2 heterocycles. The Morgan fingerprint density at radius 3 is 2.62 bits per heavy atom. The summed E-state index contributed by atoms with van der Waals surface area (Å²) in [6, 6.07) is 7.78. The molecule has 112 valence electrons. The number of hydrogen-bond donors (Lipinski definition) is 1. The first-order chi connectivity index (χ1) is 10.3. The lowest BCUT2D eigenvalue weighted by molar-refractivity contribution is 0.275. The van der Waals surface area contributed by atoms with Crippen LogP contribution in [-0.2, 0) is 19.4 Å². The summed E-state index contributed by atoms with van der Waals surface area (Å²) in [5.41, 5.74) is 3.10. The van der Waals surface area contributed by atoms with Crippen LogP contribution in [0.5, 0.6) is 5.88 Å². The minimum atomic E-state index is 0.0204. The monoisotopic (exact) mass is 286 g/mol. The summed E-state index contributed by atoms with van der Waals surface area (Å²) in [7, 11) is 0. The van der Waals surface area contributed by atoms with E-state index in [9.17, 15) is 5.11 Å². The van der Waals surface area contributed by atoms with Gasteiger partial charge in [0.2, 0.25) is 5.88 Å². The van der Waals surface area contributed by atoms with Gasteiger partial charge in [0.05, 0.1) is 13.2 Å². The van der Waals surface area contributed by atoms with E-state index in [-0.39, 0.29) is 6.61 Å². The third kappa shape index (κ3) is 5.16. The summed E-state index contributed by atoms with van der Waals surface area (Å²) < 4.78 is 5.72. The van der Waals surface area contributed by atoms with Crippen LogP contribution < -0.4 is 4.74 Å². The van der Waals surface area contributed by atoms with E-state index in [1.54, 1.807) is 12.4 Å². The Hall–Kier alpha value is -1.94. The molecule has 0 aliphatic heterocycles. The molecule has 0 saturated heterocycles. The summed E-state index contributed by atoms with van der Waals surface area (Å²) in [6.07, 6.45) is 7.44. The number of rotatable bonds is 8. The molecule has 21 heavy (non-hydrogen) atoms. The lowest BCUT2D eigenvalue weighted by Gasteiger charge is -2.09. The molecule has 2 rings (SSSR count). The Morgan fingerprint density at radius 2 is 1.90 bits per heavy atom. The average Bonchev–Trinajstić information content (AvgIpc) is 2.53. The Balaban J connectivity index is 1.86. The van der Waals surface area contributed by atoms with Crippen LogP contribution in [0.3, 0.4) is 0 Å². The maximum atomic E-state index is 9.29. The van der Waals surface area contributed by atoms with Crippen LogP contribution in [0.1, 0.15) is 36.6 Å². The maximum Gasteiger partial charge on any atom is 0.213 e. The van der Waals surface area contributed by atoms with Gasteiger partial charge in [0.15, 0.2) is 0 Å². The number of aliphatic hydroxyl groups is 1. The third-order valence-electron chi connectivity index (χ3n) is 3.21. The van der Waals surface area contributed by atoms with Gasteiger partial charge in [-0.05, 0) is 48.6 Å². The summed E-state index contributed by atoms with van der Waals surface area (Å²) >= 11 is 0. The fourth-order valence-corrected chi connectivity index (χ4v) is 2.17. The first-order valence-corrected chi connectivity index (χ1v) is 7.44. The molecule has 1 N–H and O–H groups in total. The smallest absolute Gasteiger partial charge is 0.213 e. The molecular weight excluding hydrogens is 264 g/mol. The zero-order valence-electron chi connectivity index (χ0n) is 12.5. The molecule has 2 aromatic rings. The molecule has 0 spiro atoms. The molecule has 0 aromatic carbocycles. The van der Waals surface area contributed by atoms with Gasteiger partial charge in [-0.25, -0.2) is 4.98 Å². The first kappa shape index (κ1) is 15.4. The number of aryl methyl sites for hydroxylation is 2. The van der Waals surface area contributed by atoms with Crippen molar-refractivity contribution in [1.82, 2.24) is 9.97 Å². The minimum absolute atomic E-state index is 0.0204. The van der Waals surface area contributed by atoms with Crippen molar-refractivity contribution in [2.45, 2.75) is 39.2 Å². The van der Waals surface area contributed by atoms with Gasteiger partial charge in [-0.2, -0.15) is 0 Å². The fraction of sp³-hybridized carbons (Fsp3) is 0.412. The van der Waals surface area contributed by atoms with Crippen molar-refractivity contribution in [2.75, 3.05) is 6.61 Å². The highest BCUT2D eigenvalue weighted by atomic mass is 16.5. The van der Waals surface area contributed by atoms with Crippen LogP contribution in [0.15, 0.2) is 36.7 Å². The highest BCUT2D eigenvalue weighted by Crippen LogP contribution is 2.15.